The Hall–Kier alpha value is -3.82. The van der Waals surface area contributed by atoms with Crippen molar-refractivity contribution in [1.82, 2.24) is 24.8 Å². The van der Waals surface area contributed by atoms with Gasteiger partial charge in [-0.3, -0.25) is 9.88 Å². The first kappa shape index (κ1) is 22.0. The van der Waals surface area contributed by atoms with Gasteiger partial charge >= 0.3 is 0 Å². The zero-order valence-electron chi connectivity index (χ0n) is 19.1. The second-order valence-electron chi connectivity index (χ2n) is 8.17. The number of rotatable bonds is 7. The summed E-state index contributed by atoms with van der Waals surface area (Å²) in [6.07, 6.45) is 1.78. The summed E-state index contributed by atoms with van der Waals surface area (Å²) in [6, 6.07) is 17.5. The molecule has 9 heteroatoms. The Morgan fingerprint density at radius 1 is 0.941 bits per heavy atom. The van der Waals surface area contributed by atoms with Crippen LogP contribution < -0.4 is 15.0 Å². The van der Waals surface area contributed by atoms with Gasteiger partial charge in [-0.2, -0.15) is 15.0 Å². The van der Waals surface area contributed by atoms with Crippen molar-refractivity contribution >= 4 is 28.5 Å². The molecule has 0 spiro atoms. The summed E-state index contributed by atoms with van der Waals surface area (Å²) in [6.45, 7) is 6.15. The fraction of sp³-hybridized carbons (Fsp3) is 0.280. The number of aromatic nitrogens is 4. The number of β-amino-alcohol motifs (C(OH)–C–C–N with tert-alkyl or cyclic N) is 1. The third-order valence-corrected chi connectivity index (χ3v) is 5.73. The van der Waals surface area contributed by atoms with Crippen molar-refractivity contribution in [2.75, 3.05) is 49.5 Å². The molecule has 34 heavy (non-hydrogen) atoms. The maximum absolute atomic E-state index is 9.14. The largest absolute Gasteiger partial charge is 0.457 e. The zero-order valence-corrected chi connectivity index (χ0v) is 19.1. The van der Waals surface area contributed by atoms with Gasteiger partial charge in [-0.05, 0) is 55.5 Å². The lowest BCUT2D eigenvalue weighted by molar-refractivity contribution is 0.188. The van der Waals surface area contributed by atoms with Gasteiger partial charge < -0.3 is 20.1 Å². The van der Waals surface area contributed by atoms with E-state index in [0.29, 0.717) is 24.3 Å². The van der Waals surface area contributed by atoms with Gasteiger partial charge in [0.25, 0.3) is 0 Å². The number of hydrogen-bond donors (Lipinski definition) is 2. The molecular weight excluding hydrogens is 430 g/mol. The van der Waals surface area contributed by atoms with Crippen molar-refractivity contribution in [3.8, 4) is 11.5 Å². The number of pyridine rings is 1. The molecular formula is C25H27N7O2. The summed E-state index contributed by atoms with van der Waals surface area (Å²) < 4.78 is 6.01. The Bertz CT molecular complexity index is 1260. The lowest BCUT2D eigenvalue weighted by atomic mass is 10.2. The van der Waals surface area contributed by atoms with Crippen LogP contribution in [0.15, 0.2) is 60.8 Å². The van der Waals surface area contributed by atoms with Gasteiger partial charge in [0.15, 0.2) is 0 Å². The Morgan fingerprint density at radius 3 is 2.53 bits per heavy atom. The highest BCUT2D eigenvalue weighted by Crippen LogP contribution is 2.26. The molecule has 4 aromatic rings. The minimum atomic E-state index is 0.183. The SMILES string of the molecule is Cc1nc(Nc2ccc(Oc3ccc4ncccc4c3)cc2)nc(N2CCN(CCO)CC2)n1. The summed E-state index contributed by atoms with van der Waals surface area (Å²) in [5, 5.41) is 13.4. The first-order valence-corrected chi connectivity index (χ1v) is 11.4. The number of nitrogens with one attached hydrogen (secondary N) is 1. The number of piperazine rings is 1. The molecule has 1 fully saturated rings. The van der Waals surface area contributed by atoms with E-state index in [9.17, 15) is 0 Å². The normalized spacial score (nSPS) is 14.4. The Labute approximate surface area is 198 Å². The number of anilines is 3. The Kier molecular flexibility index (Phi) is 6.46. The summed E-state index contributed by atoms with van der Waals surface area (Å²) in [5.41, 5.74) is 1.80. The highest BCUT2D eigenvalue weighted by atomic mass is 16.5. The standard InChI is InChI=1S/C25H27N7O2/c1-18-27-24(30-25(28-18)32-13-11-31(12-14-32)15-16-33)29-20-4-6-21(7-5-20)34-22-8-9-23-19(17-22)3-2-10-26-23/h2-10,17,33H,11-16H2,1H3,(H,27,28,29,30). The molecule has 0 radical (unpaired) electrons. The maximum atomic E-state index is 9.14. The van der Waals surface area contributed by atoms with E-state index in [2.05, 4.69) is 35.1 Å². The third kappa shape index (κ3) is 5.22. The van der Waals surface area contributed by atoms with E-state index in [0.717, 1.165) is 54.3 Å². The van der Waals surface area contributed by atoms with Crippen molar-refractivity contribution in [3.05, 3.63) is 66.6 Å². The molecule has 174 valence electrons. The minimum absolute atomic E-state index is 0.183. The van der Waals surface area contributed by atoms with Gasteiger partial charge in [-0.15, -0.1) is 0 Å². The van der Waals surface area contributed by atoms with Gasteiger partial charge in [-0.25, -0.2) is 0 Å². The molecule has 2 aromatic heterocycles. The summed E-state index contributed by atoms with van der Waals surface area (Å²) in [5.74, 6) is 3.34. The van der Waals surface area contributed by atoms with Crippen LogP contribution in [0, 0.1) is 6.92 Å². The molecule has 0 aliphatic carbocycles. The molecule has 5 rings (SSSR count). The van der Waals surface area contributed by atoms with E-state index >= 15 is 0 Å². The number of fused-ring (bicyclic) bond motifs is 1. The molecule has 2 aromatic carbocycles. The van der Waals surface area contributed by atoms with Crippen LogP contribution in [0.25, 0.3) is 10.9 Å². The molecule has 0 saturated carbocycles. The van der Waals surface area contributed by atoms with E-state index in [4.69, 9.17) is 9.84 Å². The second kappa shape index (κ2) is 9.98. The first-order chi connectivity index (χ1) is 16.7. The number of benzene rings is 2. The fourth-order valence-corrected chi connectivity index (χ4v) is 3.97. The molecule has 0 bridgehead atoms. The Morgan fingerprint density at radius 2 is 1.74 bits per heavy atom. The van der Waals surface area contributed by atoms with Crippen molar-refractivity contribution in [2.24, 2.45) is 0 Å². The van der Waals surface area contributed by atoms with Crippen LogP contribution in [0.2, 0.25) is 0 Å². The first-order valence-electron chi connectivity index (χ1n) is 11.4. The van der Waals surface area contributed by atoms with Crippen molar-refractivity contribution in [2.45, 2.75) is 6.92 Å². The summed E-state index contributed by atoms with van der Waals surface area (Å²) in [4.78, 5) is 22.3. The van der Waals surface area contributed by atoms with Gasteiger partial charge in [0.05, 0.1) is 12.1 Å². The number of aryl methyl sites for hydroxylation is 1. The molecule has 0 amide bonds. The quantitative estimate of drug-likeness (QED) is 0.433. The molecule has 1 saturated heterocycles. The van der Waals surface area contributed by atoms with E-state index in [1.807, 2.05) is 61.5 Å². The van der Waals surface area contributed by atoms with E-state index < -0.39 is 0 Å². The van der Waals surface area contributed by atoms with Crippen molar-refractivity contribution < 1.29 is 9.84 Å². The van der Waals surface area contributed by atoms with E-state index in [1.54, 1.807) is 6.20 Å². The fourth-order valence-electron chi connectivity index (χ4n) is 3.97. The molecule has 9 nitrogen and oxygen atoms in total. The van der Waals surface area contributed by atoms with Crippen LogP contribution >= 0.6 is 0 Å². The van der Waals surface area contributed by atoms with Gasteiger partial charge in [0.2, 0.25) is 11.9 Å². The number of nitrogens with zero attached hydrogens (tertiary/aromatic N) is 6. The molecule has 1 aliphatic rings. The maximum Gasteiger partial charge on any atom is 0.232 e. The number of ether oxygens (including phenoxy) is 1. The van der Waals surface area contributed by atoms with Crippen LogP contribution in [-0.2, 0) is 0 Å². The lowest BCUT2D eigenvalue weighted by Crippen LogP contribution is -2.47. The molecule has 1 aliphatic heterocycles. The van der Waals surface area contributed by atoms with Crippen LogP contribution in [0.1, 0.15) is 5.82 Å². The van der Waals surface area contributed by atoms with E-state index in [-0.39, 0.29) is 6.61 Å². The average molecular weight is 458 g/mol. The predicted molar refractivity (Wildman–Crippen MR) is 132 cm³/mol. The smallest absolute Gasteiger partial charge is 0.232 e. The Balaban J connectivity index is 1.24. The summed E-state index contributed by atoms with van der Waals surface area (Å²) in [7, 11) is 0. The molecule has 0 unspecified atom stereocenters. The van der Waals surface area contributed by atoms with Crippen LogP contribution in [0.3, 0.4) is 0 Å². The predicted octanol–water partition coefficient (Wildman–Crippen LogP) is 3.38. The number of aliphatic hydroxyl groups excluding tert-OH is 1. The van der Waals surface area contributed by atoms with Gasteiger partial charge in [0, 0.05) is 50.0 Å². The third-order valence-electron chi connectivity index (χ3n) is 5.73. The van der Waals surface area contributed by atoms with Gasteiger partial charge in [-0.1, -0.05) is 6.07 Å². The molecule has 2 N–H and O–H groups in total. The highest BCUT2D eigenvalue weighted by Gasteiger charge is 2.19. The zero-order chi connectivity index (χ0) is 23.3. The molecule has 3 heterocycles. The molecule has 0 atom stereocenters. The van der Waals surface area contributed by atoms with Crippen molar-refractivity contribution in [1.29, 1.82) is 0 Å². The van der Waals surface area contributed by atoms with Crippen LogP contribution in [0.4, 0.5) is 17.6 Å². The number of hydrogen-bond acceptors (Lipinski definition) is 9. The monoisotopic (exact) mass is 457 g/mol. The lowest BCUT2D eigenvalue weighted by Gasteiger charge is -2.34. The summed E-state index contributed by atoms with van der Waals surface area (Å²) >= 11 is 0. The van der Waals surface area contributed by atoms with E-state index in [1.165, 1.54) is 0 Å². The average Bonchev–Trinajstić information content (AvgIpc) is 2.85. The topological polar surface area (TPSA) is 99.5 Å². The van der Waals surface area contributed by atoms with Crippen molar-refractivity contribution in [3.63, 3.8) is 0 Å². The highest BCUT2D eigenvalue weighted by molar-refractivity contribution is 5.79. The minimum Gasteiger partial charge on any atom is -0.457 e. The van der Waals surface area contributed by atoms with Gasteiger partial charge in [0.1, 0.15) is 17.3 Å². The van der Waals surface area contributed by atoms with Crippen LogP contribution in [0.5, 0.6) is 11.5 Å². The number of aliphatic hydroxyl groups is 1. The van der Waals surface area contributed by atoms with Crippen LogP contribution in [-0.4, -0.2) is 69.3 Å². The second-order valence-corrected chi connectivity index (χ2v) is 8.17.